The fourth-order valence-corrected chi connectivity index (χ4v) is 0.311. The van der Waals surface area contributed by atoms with E-state index in [0.717, 1.165) is 0 Å². The van der Waals surface area contributed by atoms with Gasteiger partial charge in [-0.15, -0.1) is 0 Å². The molecule has 0 saturated carbocycles. The molecule has 0 aliphatic carbocycles. The summed E-state index contributed by atoms with van der Waals surface area (Å²) in [5, 5.41) is 1.84. The number of hydrogen-bond acceptors (Lipinski definition) is 2. The van der Waals surface area contributed by atoms with Gasteiger partial charge < -0.3 is 11.1 Å². The Bertz CT molecular complexity index is 157. The average Bonchev–Trinajstić information content (AvgIpc) is 1.84. The topological polar surface area (TPSA) is 55.1 Å². The van der Waals surface area contributed by atoms with E-state index in [1.165, 1.54) is 7.05 Å². The van der Waals surface area contributed by atoms with Crippen LogP contribution in [0.2, 0.25) is 0 Å². The molecule has 0 aliphatic rings. The second-order valence-electron chi connectivity index (χ2n) is 1.24. The summed E-state index contributed by atoms with van der Waals surface area (Å²) in [4.78, 5) is 9.96. The maximum absolute atomic E-state index is 12.1. The summed E-state index contributed by atoms with van der Waals surface area (Å²) in [7, 11) is 1.38. The summed E-state index contributed by atoms with van der Waals surface area (Å²) in [6.45, 7) is 0. The Kier molecular flexibility index (Phi) is 3.01. The summed E-state index contributed by atoms with van der Waals surface area (Å²) in [5.74, 6) is -2.33. The van der Waals surface area contributed by atoms with Gasteiger partial charge in [-0.1, -0.05) is 11.6 Å². The zero-order valence-corrected chi connectivity index (χ0v) is 5.50. The quantitative estimate of drug-likeness (QED) is 0.435. The number of carbonyl (C=O) groups is 1. The van der Waals surface area contributed by atoms with Gasteiger partial charge in [0.1, 0.15) is 5.16 Å². The van der Waals surface area contributed by atoms with E-state index in [-0.39, 0.29) is 5.16 Å². The molecule has 1 amide bonds. The lowest BCUT2D eigenvalue weighted by atomic mass is 10.5. The van der Waals surface area contributed by atoms with Gasteiger partial charge in [-0.2, -0.15) is 4.39 Å². The van der Waals surface area contributed by atoms with E-state index < -0.39 is 11.7 Å². The van der Waals surface area contributed by atoms with E-state index in [2.05, 4.69) is 11.1 Å². The van der Waals surface area contributed by atoms with Crippen molar-refractivity contribution in [1.29, 1.82) is 0 Å². The smallest absolute Gasteiger partial charge is 0.280 e. The standard InChI is InChI=1S/C4H6ClFN2O/c1-8-3(5)2(6)4(7)9/h8H,1H3,(H2,7,9)/b3-2-. The number of primary amides is 1. The molecule has 0 bridgehead atoms. The molecule has 0 rings (SSSR count). The minimum Gasteiger partial charge on any atom is -0.376 e. The average molecular weight is 153 g/mol. The van der Waals surface area contributed by atoms with Gasteiger partial charge in [-0.25, -0.2) is 0 Å². The lowest BCUT2D eigenvalue weighted by molar-refractivity contribution is -0.115. The van der Waals surface area contributed by atoms with Crippen LogP contribution in [0.5, 0.6) is 0 Å². The first-order valence-corrected chi connectivity index (χ1v) is 2.50. The number of amides is 1. The Labute approximate surface area is 56.7 Å². The van der Waals surface area contributed by atoms with Crippen LogP contribution in [-0.4, -0.2) is 13.0 Å². The van der Waals surface area contributed by atoms with Gasteiger partial charge in [0.2, 0.25) is 5.83 Å². The second kappa shape index (κ2) is 3.29. The monoisotopic (exact) mass is 152 g/mol. The van der Waals surface area contributed by atoms with Gasteiger partial charge in [-0.05, 0) is 0 Å². The van der Waals surface area contributed by atoms with Gasteiger partial charge >= 0.3 is 0 Å². The Balaban J connectivity index is 4.28. The van der Waals surface area contributed by atoms with Gasteiger partial charge in [0, 0.05) is 7.05 Å². The van der Waals surface area contributed by atoms with E-state index in [9.17, 15) is 9.18 Å². The van der Waals surface area contributed by atoms with Crippen LogP contribution in [0.25, 0.3) is 0 Å². The highest BCUT2D eigenvalue weighted by molar-refractivity contribution is 6.31. The van der Waals surface area contributed by atoms with Crippen molar-refractivity contribution in [3.8, 4) is 0 Å². The van der Waals surface area contributed by atoms with E-state index in [1.807, 2.05) is 0 Å². The van der Waals surface area contributed by atoms with Crippen LogP contribution in [0.3, 0.4) is 0 Å². The second-order valence-corrected chi connectivity index (χ2v) is 1.62. The molecule has 52 valence electrons. The normalized spacial score (nSPS) is 12.3. The molecular formula is C4H6ClFN2O. The van der Waals surface area contributed by atoms with Crippen molar-refractivity contribution in [1.82, 2.24) is 5.32 Å². The van der Waals surface area contributed by atoms with Crippen LogP contribution in [0.1, 0.15) is 0 Å². The molecule has 0 aromatic carbocycles. The number of hydrogen-bond donors (Lipinski definition) is 2. The molecule has 0 saturated heterocycles. The van der Waals surface area contributed by atoms with Crippen molar-refractivity contribution in [3.05, 3.63) is 11.0 Å². The zero-order valence-electron chi connectivity index (χ0n) is 4.74. The lowest BCUT2D eigenvalue weighted by Crippen LogP contribution is -2.15. The molecule has 3 nitrogen and oxygen atoms in total. The predicted molar refractivity (Wildman–Crippen MR) is 32.2 cm³/mol. The fourth-order valence-electron chi connectivity index (χ4n) is 0.218. The molecule has 5 heteroatoms. The van der Waals surface area contributed by atoms with Gasteiger partial charge in [0.15, 0.2) is 0 Å². The molecule has 0 aliphatic heterocycles. The Morgan fingerprint density at radius 1 is 1.78 bits per heavy atom. The Hall–Kier alpha value is -0.770. The van der Waals surface area contributed by atoms with E-state index in [1.54, 1.807) is 0 Å². The molecule has 0 unspecified atom stereocenters. The minimum absolute atomic E-state index is 0.373. The van der Waals surface area contributed by atoms with Crippen LogP contribution >= 0.6 is 11.6 Å². The Morgan fingerprint density at radius 2 is 2.22 bits per heavy atom. The third kappa shape index (κ3) is 2.32. The molecule has 0 fully saturated rings. The molecular weight excluding hydrogens is 147 g/mol. The van der Waals surface area contributed by atoms with E-state index in [4.69, 9.17) is 11.6 Å². The highest BCUT2D eigenvalue weighted by Crippen LogP contribution is 2.04. The lowest BCUT2D eigenvalue weighted by Gasteiger charge is -1.94. The Morgan fingerprint density at radius 3 is 2.33 bits per heavy atom. The first-order chi connectivity index (χ1) is 4.09. The predicted octanol–water partition coefficient (Wildman–Crippen LogP) is 0.0685. The number of halogens is 2. The van der Waals surface area contributed by atoms with Crippen LogP contribution in [0, 0.1) is 0 Å². The van der Waals surface area contributed by atoms with Crippen molar-refractivity contribution in [3.63, 3.8) is 0 Å². The summed E-state index contributed by atoms with van der Waals surface area (Å²) in [6.07, 6.45) is 0. The van der Waals surface area contributed by atoms with Crippen molar-refractivity contribution in [2.75, 3.05) is 7.05 Å². The maximum atomic E-state index is 12.1. The van der Waals surface area contributed by atoms with Gasteiger partial charge in [0.25, 0.3) is 5.91 Å². The molecule has 0 aromatic rings. The van der Waals surface area contributed by atoms with Crippen molar-refractivity contribution >= 4 is 17.5 Å². The SMILES string of the molecule is CN/C(Cl)=C(\F)C(N)=O. The van der Waals surface area contributed by atoms with Crippen molar-refractivity contribution in [2.24, 2.45) is 5.73 Å². The van der Waals surface area contributed by atoms with E-state index in [0.29, 0.717) is 0 Å². The highest BCUT2D eigenvalue weighted by Gasteiger charge is 2.07. The zero-order chi connectivity index (χ0) is 7.44. The summed E-state index contributed by atoms with van der Waals surface area (Å²) < 4.78 is 12.1. The molecule has 0 aromatic heterocycles. The van der Waals surface area contributed by atoms with Crippen LogP contribution < -0.4 is 11.1 Å². The van der Waals surface area contributed by atoms with Crippen molar-refractivity contribution in [2.45, 2.75) is 0 Å². The van der Waals surface area contributed by atoms with Crippen LogP contribution in [0.15, 0.2) is 11.0 Å². The highest BCUT2D eigenvalue weighted by atomic mass is 35.5. The molecule has 0 spiro atoms. The molecule has 3 N–H and O–H groups in total. The molecule has 9 heavy (non-hydrogen) atoms. The number of nitrogens with two attached hydrogens (primary N) is 1. The number of nitrogens with one attached hydrogen (secondary N) is 1. The van der Waals surface area contributed by atoms with Crippen LogP contribution in [0.4, 0.5) is 4.39 Å². The molecule has 0 atom stereocenters. The summed E-state index contributed by atoms with van der Waals surface area (Å²) >= 11 is 5.10. The fraction of sp³-hybridized carbons (Fsp3) is 0.250. The van der Waals surface area contributed by atoms with Crippen molar-refractivity contribution < 1.29 is 9.18 Å². The van der Waals surface area contributed by atoms with Gasteiger partial charge in [0.05, 0.1) is 0 Å². The number of carbonyl (C=O) groups excluding carboxylic acids is 1. The maximum Gasteiger partial charge on any atom is 0.280 e. The first kappa shape index (κ1) is 8.23. The summed E-state index contributed by atoms with van der Waals surface area (Å²) in [5.41, 5.74) is 4.52. The van der Waals surface area contributed by atoms with Gasteiger partial charge in [-0.3, -0.25) is 4.79 Å². The number of rotatable bonds is 2. The molecule has 0 heterocycles. The molecule has 0 radical (unpaired) electrons. The summed E-state index contributed by atoms with van der Waals surface area (Å²) in [6, 6.07) is 0. The minimum atomic E-state index is -1.17. The van der Waals surface area contributed by atoms with E-state index >= 15 is 0 Å². The third-order valence-electron chi connectivity index (χ3n) is 0.629. The largest absolute Gasteiger partial charge is 0.376 e. The van der Waals surface area contributed by atoms with Crippen LogP contribution in [-0.2, 0) is 4.79 Å². The first-order valence-electron chi connectivity index (χ1n) is 2.12. The third-order valence-corrected chi connectivity index (χ3v) is 0.983.